The molecule has 0 saturated carbocycles. The fourth-order valence-electron chi connectivity index (χ4n) is 0.447. The molecular weight excluding hydrogens is 164 g/mol. The summed E-state index contributed by atoms with van der Waals surface area (Å²) in [5, 5.41) is 0. The second-order valence-corrected chi connectivity index (χ2v) is 2.33. The SMILES string of the molecule is [SiH3][SiH3].[Ti][C]1=CC=CC1. The number of hydrogen-bond donors (Lipinski definition) is 0. The van der Waals surface area contributed by atoms with E-state index in [1.54, 1.807) is 0 Å². The van der Waals surface area contributed by atoms with Gasteiger partial charge in [0.2, 0.25) is 0 Å². The molecule has 0 aromatic rings. The Bertz CT molecular complexity index is 107. The van der Waals surface area contributed by atoms with Crippen LogP contribution in [0.3, 0.4) is 0 Å². The molecule has 0 atom stereocenters. The van der Waals surface area contributed by atoms with Crippen molar-refractivity contribution in [1.82, 2.24) is 0 Å². The third-order valence-corrected chi connectivity index (χ3v) is 1.35. The maximum atomic E-state index is 2.16. The number of hydrogen-bond acceptors (Lipinski definition) is 0. The quantitative estimate of drug-likeness (QED) is 0.415. The number of rotatable bonds is 0. The summed E-state index contributed by atoms with van der Waals surface area (Å²) in [5.74, 6) is 0. The summed E-state index contributed by atoms with van der Waals surface area (Å²) in [5.41, 5.74) is 0. The molecule has 0 fully saturated rings. The normalized spacial score (nSPS) is 15.1. The average molecular weight is 175 g/mol. The van der Waals surface area contributed by atoms with E-state index in [0.717, 1.165) is 0 Å². The third kappa shape index (κ3) is 3.61. The summed E-state index contributed by atoms with van der Waals surface area (Å²) in [7, 11) is 2.89. The molecule has 0 aromatic heterocycles. The van der Waals surface area contributed by atoms with Crippen molar-refractivity contribution in [2.75, 3.05) is 0 Å². The predicted molar refractivity (Wildman–Crippen MR) is 41.7 cm³/mol. The molecule has 0 radical (unpaired) electrons. The molecule has 1 aliphatic rings. The molecular formula is C5H11Si2Ti. The summed E-state index contributed by atoms with van der Waals surface area (Å²) >= 11 is 2.14. The molecule has 1 aliphatic carbocycles. The van der Waals surface area contributed by atoms with E-state index < -0.39 is 0 Å². The summed E-state index contributed by atoms with van der Waals surface area (Å²) in [6.07, 6.45) is 7.56. The van der Waals surface area contributed by atoms with Gasteiger partial charge in [0, 0.05) is 0 Å². The van der Waals surface area contributed by atoms with Crippen LogP contribution >= 0.6 is 0 Å². The van der Waals surface area contributed by atoms with Crippen molar-refractivity contribution in [2.45, 2.75) is 6.42 Å². The molecule has 0 spiro atoms. The van der Waals surface area contributed by atoms with Crippen LogP contribution < -0.4 is 0 Å². The van der Waals surface area contributed by atoms with Crippen molar-refractivity contribution in [1.29, 1.82) is 0 Å². The van der Waals surface area contributed by atoms with E-state index in [0.29, 0.717) is 0 Å². The van der Waals surface area contributed by atoms with Gasteiger partial charge in [-0.2, -0.15) is 0 Å². The van der Waals surface area contributed by atoms with Gasteiger partial charge in [0.25, 0.3) is 0 Å². The van der Waals surface area contributed by atoms with Crippen molar-refractivity contribution >= 4 is 19.5 Å². The molecule has 0 heterocycles. The van der Waals surface area contributed by atoms with Gasteiger partial charge in [-0.1, -0.05) is 0 Å². The topological polar surface area (TPSA) is 0 Å². The van der Waals surface area contributed by atoms with Crippen molar-refractivity contribution in [3.63, 3.8) is 0 Å². The molecule has 0 nitrogen and oxygen atoms in total. The molecule has 0 aromatic carbocycles. The summed E-state index contributed by atoms with van der Waals surface area (Å²) < 4.78 is 1.47. The van der Waals surface area contributed by atoms with Gasteiger partial charge in [-0.3, -0.25) is 0 Å². The van der Waals surface area contributed by atoms with Crippen molar-refractivity contribution in [3.05, 3.63) is 22.1 Å². The molecule has 0 amide bonds. The molecule has 3 heteroatoms. The van der Waals surface area contributed by atoms with Gasteiger partial charge in [0.15, 0.2) is 0 Å². The van der Waals surface area contributed by atoms with Crippen molar-refractivity contribution in [2.24, 2.45) is 0 Å². The van der Waals surface area contributed by atoms with Crippen LogP contribution in [-0.4, -0.2) is 19.5 Å². The number of allylic oxidation sites excluding steroid dienone is 4. The van der Waals surface area contributed by atoms with Gasteiger partial charge in [-0.25, -0.2) is 0 Å². The molecule has 0 N–H and O–H groups in total. The first-order chi connectivity index (χ1) is 3.89. The first kappa shape index (κ1) is 8.63. The molecule has 0 aliphatic heterocycles. The first-order valence-corrected chi connectivity index (χ1v) is 11.7. The zero-order valence-corrected chi connectivity index (χ0v) is 11.0. The maximum absolute atomic E-state index is 2.16. The predicted octanol–water partition coefficient (Wildman–Crippen LogP) is -0.991. The summed E-state index contributed by atoms with van der Waals surface area (Å²) in [6.45, 7) is 0. The van der Waals surface area contributed by atoms with Crippen LogP contribution in [0, 0.1) is 0 Å². The van der Waals surface area contributed by atoms with E-state index in [4.69, 9.17) is 0 Å². The van der Waals surface area contributed by atoms with Crippen LogP contribution in [0.25, 0.3) is 0 Å². The first-order valence-electron chi connectivity index (χ1n) is 2.97. The molecule has 1 rings (SSSR count). The molecule has 8 heavy (non-hydrogen) atoms. The molecule has 0 unspecified atom stereocenters. The minimum atomic E-state index is 1.17. The Morgan fingerprint density at radius 1 is 1.50 bits per heavy atom. The van der Waals surface area contributed by atoms with E-state index in [2.05, 4.69) is 38.7 Å². The Morgan fingerprint density at radius 2 is 2.12 bits per heavy atom. The van der Waals surface area contributed by atoms with E-state index in [1.807, 2.05) is 0 Å². The van der Waals surface area contributed by atoms with E-state index in [1.165, 1.54) is 29.8 Å². The molecule has 43 valence electrons. The van der Waals surface area contributed by atoms with Crippen molar-refractivity contribution < 1.29 is 20.4 Å². The van der Waals surface area contributed by atoms with Gasteiger partial charge < -0.3 is 0 Å². The van der Waals surface area contributed by atoms with Gasteiger partial charge >= 0.3 is 49.0 Å². The second kappa shape index (κ2) is 5.76. The van der Waals surface area contributed by atoms with Crippen LogP contribution in [0.2, 0.25) is 0 Å². The van der Waals surface area contributed by atoms with Gasteiger partial charge in [0.05, 0.1) is 0 Å². The Morgan fingerprint density at radius 3 is 2.25 bits per heavy atom. The van der Waals surface area contributed by atoms with E-state index in [9.17, 15) is 0 Å². The van der Waals surface area contributed by atoms with Crippen molar-refractivity contribution in [3.8, 4) is 0 Å². The average Bonchev–Trinajstić information content (AvgIpc) is 2.24. The minimum absolute atomic E-state index is 1.17. The second-order valence-electron chi connectivity index (χ2n) is 1.32. The van der Waals surface area contributed by atoms with Crippen LogP contribution in [0.4, 0.5) is 0 Å². The zero-order chi connectivity index (χ0) is 6.41. The Kier molecular flexibility index (Phi) is 6.21. The summed E-state index contributed by atoms with van der Waals surface area (Å²) in [6, 6.07) is 0. The fraction of sp³-hybridized carbons (Fsp3) is 0.200. The van der Waals surface area contributed by atoms with Crippen LogP contribution in [0.5, 0.6) is 0 Å². The van der Waals surface area contributed by atoms with Gasteiger partial charge in [-0.15, -0.1) is 0 Å². The zero-order valence-electron chi connectivity index (χ0n) is 5.44. The Labute approximate surface area is 68.5 Å². The van der Waals surface area contributed by atoms with Gasteiger partial charge in [0.1, 0.15) is 0 Å². The van der Waals surface area contributed by atoms with Crippen LogP contribution in [0.15, 0.2) is 22.1 Å². The van der Waals surface area contributed by atoms with Crippen LogP contribution in [-0.2, 0) is 20.4 Å². The Hall–Kier alpha value is 0.628. The summed E-state index contributed by atoms with van der Waals surface area (Å²) in [4.78, 5) is 0. The third-order valence-electron chi connectivity index (χ3n) is 0.771. The molecule has 0 bridgehead atoms. The van der Waals surface area contributed by atoms with E-state index >= 15 is 0 Å². The molecule has 0 saturated heterocycles. The standard InChI is InChI=1S/C5H5.H6Si2.Ti/c1-2-4-5-3-1;1-2;/h1-3H,4H2;1-2H3;. The monoisotopic (exact) mass is 175 g/mol. The fourth-order valence-corrected chi connectivity index (χ4v) is 0.782. The Balaban J connectivity index is 0.000000222. The van der Waals surface area contributed by atoms with Gasteiger partial charge in [-0.05, 0) is 19.5 Å². The van der Waals surface area contributed by atoms with Crippen LogP contribution in [0.1, 0.15) is 6.42 Å². The van der Waals surface area contributed by atoms with E-state index in [-0.39, 0.29) is 0 Å².